The van der Waals surface area contributed by atoms with Gasteiger partial charge in [-0.25, -0.2) is 4.98 Å². The Kier molecular flexibility index (Phi) is 4.01. The van der Waals surface area contributed by atoms with Gasteiger partial charge in [-0.3, -0.25) is 0 Å². The SMILES string of the molecule is COC1CN(c2nc(C)c(CN)s2)CCC1C. The maximum atomic E-state index is 5.70. The fourth-order valence-corrected chi connectivity index (χ4v) is 3.23. The highest BCUT2D eigenvalue weighted by atomic mass is 32.1. The van der Waals surface area contributed by atoms with Gasteiger partial charge in [0.15, 0.2) is 5.13 Å². The van der Waals surface area contributed by atoms with Crippen LogP contribution in [0.2, 0.25) is 0 Å². The smallest absolute Gasteiger partial charge is 0.185 e. The molecule has 17 heavy (non-hydrogen) atoms. The maximum absolute atomic E-state index is 5.70. The molecule has 2 heterocycles. The van der Waals surface area contributed by atoms with Gasteiger partial charge >= 0.3 is 0 Å². The van der Waals surface area contributed by atoms with Crippen LogP contribution in [0.4, 0.5) is 5.13 Å². The van der Waals surface area contributed by atoms with E-state index >= 15 is 0 Å². The number of nitrogens with zero attached hydrogens (tertiary/aromatic N) is 2. The second kappa shape index (κ2) is 5.33. The van der Waals surface area contributed by atoms with Gasteiger partial charge in [-0.05, 0) is 19.3 Å². The summed E-state index contributed by atoms with van der Waals surface area (Å²) >= 11 is 1.71. The van der Waals surface area contributed by atoms with Crippen molar-refractivity contribution in [3.63, 3.8) is 0 Å². The number of piperidine rings is 1. The minimum absolute atomic E-state index is 0.314. The molecule has 2 unspecified atom stereocenters. The first kappa shape index (κ1) is 12.8. The Balaban J connectivity index is 2.11. The third-order valence-corrected chi connectivity index (χ3v) is 4.77. The fraction of sp³-hybridized carbons (Fsp3) is 0.750. The summed E-state index contributed by atoms with van der Waals surface area (Å²) in [5, 5.41) is 1.09. The Morgan fingerprint density at radius 2 is 2.35 bits per heavy atom. The van der Waals surface area contributed by atoms with Gasteiger partial charge in [0, 0.05) is 31.6 Å². The number of methoxy groups -OCH3 is 1. The molecule has 96 valence electrons. The van der Waals surface area contributed by atoms with Gasteiger partial charge in [-0.15, -0.1) is 11.3 Å². The predicted molar refractivity (Wildman–Crippen MR) is 71.5 cm³/mol. The number of nitrogens with two attached hydrogens (primary N) is 1. The molecule has 5 heteroatoms. The fourth-order valence-electron chi connectivity index (χ4n) is 2.25. The molecule has 0 aromatic carbocycles. The zero-order valence-electron chi connectivity index (χ0n) is 10.8. The Labute approximate surface area is 107 Å². The summed E-state index contributed by atoms with van der Waals surface area (Å²) < 4.78 is 5.53. The number of anilines is 1. The lowest BCUT2D eigenvalue weighted by atomic mass is 9.96. The van der Waals surface area contributed by atoms with E-state index in [0.29, 0.717) is 18.6 Å². The van der Waals surface area contributed by atoms with E-state index in [2.05, 4.69) is 16.8 Å². The summed E-state index contributed by atoms with van der Waals surface area (Å²) in [6, 6.07) is 0. The molecule has 1 aliphatic heterocycles. The zero-order valence-corrected chi connectivity index (χ0v) is 11.6. The van der Waals surface area contributed by atoms with Crippen molar-refractivity contribution >= 4 is 16.5 Å². The third-order valence-electron chi connectivity index (χ3n) is 3.53. The van der Waals surface area contributed by atoms with Crippen molar-refractivity contribution in [3.05, 3.63) is 10.6 Å². The molecule has 1 aliphatic rings. The average molecular weight is 255 g/mol. The molecule has 0 saturated carbocycles. The van der Waals surface area contributed by atoms with E-state index in [1.54, 1.807) is 18.4 Å². The number of aromatic nitrogens is 1. The summed E-state index contributed by atoms with van der Waals surface area (Å²) in [5.74, 6) is 0.631. The third kappa shape index (κ3) is 2.61. The van der Waals surface area contributed by atoms with Gasteiger partial charge in [0.25, 0.3) is 0 Å². The first-order chi connectivity index (χ1) is 8.15. The second-order valence-electron chi connectivity index (χ2n) is 4.70. The van der Waals surface area contributed by atoms with E-state index in [4.69, 9.17) is 10.5 Å². The van der Waals surface area contributed by atoms with Crippen LogP contribution >= 0.6 is 11.3 Å². The van der Waals surface area contributed by atoms with Gasteiger partial charge in [0.05, 0.1) is 11.8 Å². The molecule has 1 fully saturated rings. The molecular weight excluding hydrogens is 234 g/mol. The zero-order chi connectivity index (χ0) is 12.4. The lowest BCUT2D eigenvalue weighted by Crippen LogP contribution is -2.43. The molecule has 2 N–H and O–H groups in total. The molecule has 1 saturated heterocycles. The highest BCUT2D eigenvalue weighted by Gasteiger charge is 2.27. The minimum atomic E-state index is 0.314. The van der Waals surface area contributed by atoms with Crippen LogP contribution in [0.25, 0.3) is 0 Å². The van der Waals surface area contributed by atoms with E-state index in [0.717, 1.165) is 30.3 Å². The van der Waals surface area contributed by atoms with Crippen LogP contribution < -0.4 is 10.6 Å². The molecule has 0 spiro atoms. The molecular formula is C12H21N3OS. The summed E-state index contributed by atoms with van der Waals surface area (Å²) in [6.45, 7) is 6.88. The number of ether oxygens (including phenoxy) is 1. The quantitative estimate of drug-likeness (QED) is 0.894. The van der Waals surface area contributed by atoms with Gasteiger partial charge in [0.1, 0.15) is 0 Å². The van der Waals surface area contributed by atoms with E-state index in [1.165, 1.54) is 4.88 Å². The van der Waals surface area contributed by atoms with Crippen molar-refractivity contribution in [3.8, 4) is 0 Å². The van der Waals surface area contributed by atoms with Gasteiger partial charge in [-0.2, -0.15) is 0 Å². The Bertz CT molecular complexity index is 380. The molecule has 1 aromatic heterocycles. The maximum Gasteiger partial charge on any atom is 0.185 e. The van der Waals surface area contributed by atoms with E-state index in [9.17, 15) is 0 Å². The highest BCUT2D eigenvalue weighted by molar-refractivity contribution is 7.15. The van der Waals surface area contributed by atoms with Crippen molar-refractivity contribution in [1.29, 1.82) is 0 Å². The number of thiazole rings is 1. The number of hydrogen-bond donors (Lipinski definition) is 1. The number of hydrogen-bond acceptors (Lipinski definition) is 5. The summed E-state index contributed by atoms with van der Waals surface area (Å²) in [6.07, 6.45) is 1.48. The monoisotopic (exact) mass is 255 g/mol. The first-order valence-electron chi connectivity index (χ1n) is 6.09. The standard InChI is InChI=1S/C12H21N3OS/c1-8-4-5-15(7-10(8)16-3)12-14-9(2)11(6-13)17-12/h8,10H,4-7,13H2,1-3H3. The van der Waals surface area contributed by atoms with E-state index in [-0.39, 0.29) is 0 Å². The van der Waals surface area contributed by atoms with Crippen molar-refractivity contribution in [2.75, 3.05) is 25.1 Å². The van der Waals surface area contributed by atoms with Gasteiger partial charge < -0.3 is 15.4 Å². The minimum Gasteiger partial charge on any atom is -0.379 e. The van der Waals surface area contributed by atoms with Crippen LogP contribution in [0.3, 0.4) is 0 Å². The molecule has 0 amide bonds. The predicted octanol–water partition coefficient (Wildman–Crippen LogP) is 1.77. The lowest BCUT2D eigenvalue weighted by Gasteiger charge is -2.36. The Morgan fingerprint density at radius 3 is 2.94 bits per heavy atom. The van der Waals surface area contributed by atoms with E-state index < -0.39 is 0 Å². The Hall–Kier alpha value is -0.650. The highest BCUT2D eigenvalue weighted by Crippen LogP contribution is 2.30. The van der Waals surface area contributed by atoms with Crippen LogP contribution in [0.1, 0.15) is 23.9 Å². The summed E-state index contributed by atoms with van der Waals surface area (Å²) in [5.41, 5.74) is 6.77. The van der Waals surface area contributed by atoms with Crippen molar-refractivity contribution in [1.82, 2.24) is 4.98 Å². The molecule has 4 nitrogen and oxygen atoms in total. The molecule has 2 rings (SSSR count). The second-order valence-corrected chi connectivity index (χ2v) is 5.76. The lowest BCUT2D eigenvalue weighted by molar-refractivity contribution is 0.0498. The van der Waals surface area contributed by atoms with Gasteiger partial charge in [0.2, 0.25) is 0 Å². The first-order valence-corrected chi connectivity index (χ1v) is 6.91. The largest absolute Gasteiger partial charge is 0.379 e. The van der Waals surface area contributed by atoms with E-state index in [1.807, 2.05) is 6.92 Å². The van der Waals surface area contributed by atoms with Crippen molar-refractivity contribution in [2.45, 2.75) is 32.9 Å². The van der Waals surface area contributed by atoms with Crippen LogP contribution in [0.15, 0.2) is 0 Å². The van der Waals surface area contributed by atoms with Crippen molar-refractivity contribution < 1.29 is 4.74 Å². The normalized spacial score (nSPS) is 25.3. The number of rotatable bonds is 3. The molecule has 2 atom stereocenters. The van der Waals surface area contributed by atoms with Crippen LogP contribution in [0, 0.1) is 12.8 Å². The summed E-state index contributed by atoms with van der Waals surface area (Å²) in [4.78, 5) is 8.12. The average Bonchev–Trinajstić information content (AvgIpc) is 2.71. The van der Waals surface area contributed by atoms with Crippen LogP contribution in [-0.4, -0.2) is 31.3 Å². The van der Waals surface area contributed by atoms with Crippen molar-refractivity contribution in [2.24, 2.45) is 11.7 Å². The molecule has 0 bridgehead atoms. The van der Waals surface area contributed by atoms with Crippen LogP contribution in [0.5, 0.6) is 0 Å². The topological polar surface area (TPSA) is 51.4 Å². The number of aryl methyl sites for hydroxylation is 1. The molecule has 1 aromatic rings. The summed E-state index contributed by atoms with van der Waals surface area (Å²) in [7, 11) is 1.79. The molecule has 0 aliphatic carbocycles. The van der Waals surface area contributed by atoms with Crippen LogP contribution in [-0.2, 0) is 11.3 Å². The Morgan fingerprint density at radius 1 is 1.59 bits per heavy atom. The molecule has 0 radical (unpaired) electrons. The van der Waals surface area contributed by atoms with Gasteiger partial charge in [-0.1, -0.05) is 6.92 Å².